The van der Waals surface area contributed by atoms with Gasteiger partial charge in [0.15, 0.2) is 0 Å². The van der Waals surface area contributed by atoms with E-state index in [1.54, 1.807) is 7.11 Å². The SMILES string of the molecule is COc1cccc(CC[C@H]2CCCCN2C(=O)c2cc3cc(C)ccc3n2C)c1. The number of methoxy groups -OCH3 is 1. The Morgan fingerprint density at radius 3 is 2.83 bits per heavy atom. The summed E-state index contributed by atoms with van der Waals surface area (Å²) in [6.07, 6.45) is 5.31. The Bertz CT molecular complexity index is 1020. The number of piperidine rings is 1. The van der Waals surface area contributed by atoms with Gasteiger partial charge in [-0.15, -0.1) is 0 Å². The van der Waals surface area contributed by atoms with E-state index in [0.29, 0.717) is 6.04 Å². The summed E-state index contributed by atoms with van der Waals surface area (Å²) >= 11 is 0. The molecule has 1 atom stereocenters. The first kappa shape index (κ1) is 19.6. The zero-order chi connectivity index (χ0) is 20.4. The second-order valence-electron chi connectivity index (χ2n) is 8.19. The molecule has 1 amide bonds. The highest BCUT2D eigenvalue weighted by molar-refractivity contribution is 5.99. The quantitative estimate of drug-likeness (QED) is 0.606. The number of ether oxygens (including phenoxy) is 1. The highest BCUT2D eigenvalue weighted by atomic mass is 16.5. The maximum absolute atomic E-state index is 13.5. The van der Waals surface area contributed by atoms with Crippen LogP contribution in [0.15, 0.2) is 48.5 Å². The van der Waals surface area contributed by atoms with Crippen LogP contribution in [0.25, 0.3) is 10.9 Å². The molecule has 0 N–H and O–H groups in total. The van der Waals surface area contributed by atoms with Gasteiger partial charge in [0.2, 0.25) is 0 Å². The molecule has 0 unspecified atom stereocenters. The fraction of sp³-hybridized carbons (Fsp3) is 0.400. The maximum atomic E-state index is 13.5. The third-order valence-electron chi connectivity index (χ3n) is 6.21. The number of amides is 1. The summed E-state index contributed by atoms with van der Waals surface area (Å²) in [6.45, 7) is 2.94. The van der Waals surface area contributed by atoms with E-state index >= 15 is 0 Å². The van der Waals surface area contributed by atoms with Gasteiger partial charge >= 0.3 is 0 Å². The van der Waals surface area contributed by atoms with Crippen molar-refractivity contribution in [2.45, 2.75) is 45.1 Å². The maximum Gasteiger partial charge on any atom is 0.270 e. The van der Waals surface area contributed by atoms with Gasteiger partial charge in [-0.3, -0.25) is 4.79 Å². The van der Waals surface area contributed by atoms with Crippen molar-refractivity contribution in [2.24, 2.45) is 7.05 Å². The normalized spacial score (nSPS) is 16.9. The predicted molar refractivity (Wildman–Crippen MR) is 118 cm³/mol. The average Bonchev–Trinajstić information content (AvgIpc) is 3.07. The Morgan fingerprint density at radius 1 is 1.14 bits per heavy atom. The van der Waals surface area contributed by atoms with Gasteiger partial charge in [0, 0.05) is 30.5 Å². The van der Waals surface area contributed by atoms with Crippen molar-refractivity contribution in [3.8, 4) is 5.75 Å². The number of hydrogen-bond donors (Lipinski definition) is 0. The molecule has 0 bridgehead atoms. The van der Waals surface area contributed by atoms with Crippen LogP contribution in [0.4, 0.5) is 0 Å². The molecule has 0 aliphatic carbocycles. The van der Waals surface area contributed by atoms with Crippen LogP contribution in [-0.2, 0) is 13.5 Å². The lowest BCUT2D eigenvalue weighted by Crippen LogP contribution is -2.44. The minimum Gasteiger partial charge on any atom is -0.497 e. The van der Waals surface area contributed by atoms with Crippen LogP contribution in [0.1, 0.15) is 47.3 Å². The van der Waals surface area contributed by atoms with Crippen molar-refractivity contribution in [1.82, 2.24) is 9.47 Å². The van der Waals surface area contributed by atoms with Gasteiger partial charge in [-0.05, 0) is 74.9 Å². The van der Waals surface area contributed by atoms with Crippen LogP contribution in [0, 0.1) is 6.92 Å². The second kappa shape index (κ2) is 8.32. The van der Waals surface area contributed by atoms with E-state index in [1.807, 2.05) is 23.7 Å². The van der Waals surface area contributed by atoms with E-state index in [-0.39, 0.29) is 5.91 Å². The van der Waals surface area contributed by atoms with Gasteiger partial charge in [0.25, 0.3) is 5.91 Å². The van der Waals surface area contributed by atoms with Crippen LogP contribution >= 0.6 is 0 Å². The Morgan fingerprint density at radius 2 is 2.00 bits per heavy atom. The molecular formula is C25H30N2O2. The van der Waals surface area contributed by atoms with Crippen LogP contribution in [0.5, 0.6) is 5.75 Å². The number of fused-ring (bicyclic) bond motifs is 1. The van der Waals surface area contributed by atoms with Gasteiger partial charge in [-0.1, -0.05) is 23.8 Å². The van der Waals surface area contributed by atoms with Crippen molar-refractivity contribution in [1.29, 1.82) is 0 Å². The smallest absolute Gasteiger partial charge is 0.270 e. The molecule has 1 saturated heterocycles. The van der Waals surface area contributed by atoms with Gasteiger partial charge < -0.3 is 14.2 Å². The molecule has 1 fully saturated rings. The topological polar surface area (TPSA) is 34.5 Å². The number of likely N-dealkylation sites (tertiary alicyclic amines) is 1. The minimum atomic E-state index is 0.164. The van der Waals surface area contributed by atoms with E-state index in [1.165, 1.54) is 17.5 Å². The third kappa shape index (κ3) is 4.02. The number of aromatic nitrogens is 1. The first-order chi connectivity index (χ1) is 14.1. The lowest BCUT2D eigenvalue weighted by Gasteiger charge is -2.36. The molecule has 4 nitrogen and oxygen atoms in total. The van der Waals surface area contributed by atoms with E-state index < -0.39 is 0 Å². The van der Waals surface area contributed by atoms with Crippen molar-refractivity contribution in [3.05, 3.63) is 65.4 Å². The molecule has 2 heterocycles. The van der Waals surface area contributed by atoms with Gasteiger partial charge in [0.1, 0.15) is 11.4 Å². The van der Waals surface area contributed by atoms with Crippen LogP contribution < -0.4 is 4.74 Å². The average molecular weight is 391 g/mol. The Labute approximate surface area is 173 Å². The molecule has 152 valence electrons. The second-order valence-corrected chi connectivity index (χ2v) is 8.19. The van der Waals surface area contributed by atoms with Gasteiger partial charge in [-0.25, -0.2) is 0 Å². The van der Waals surface area contributed by atoms with Crippen LogP contribution in [0.2, 0.25) is 0 Å². The zero-order valence-electron chi connectivity index (χ0n) is 17.6. The van der Waals surface area contributed by atoms with Crippen molar-refractivity contribution < 1.29 is 9.53 Å². The fourth-order valence-corrected chi connectivity index (χ4v) is 4.55. The molecule has 0 radical (unpaired) electrons. The Hall–Kier alpha value is -2.75. The molecular weight excluding hydrogens is 360 g/mol. The summed E-state index contributed by atoms with van der Waals surface area (Å²) in [5, 5.41) is 1.14. The number of benzene rings is 2. The first-order valence-electron chi connectivity index (χ1n) is 10.6. The number of carbonyl (C=O) groups excluding carboxylic acids is 1. The number of nitrogens with zero attached hydrogens (tertiary/aromatic N) is 2. The largest absolute Gasteiger partial charge is 0.497 e. The van der Waals surface area contributed by atoms with E-state index in [9.17, 15) is 4.79 Å². The summed E-state index contributed by atoms with van der Waals surface area (Å²) in [4.78, 5) is 15.6. The summed E-state index contributed by atoms with van der Waals surface area (Å²) in [6, 6.07) is 17.0. The Balaban J connectivity index is 1.54. The monoisotopic (exact) mass is 390 g/mol. The molecule has 3 aromatic rings. The lowest BCUT2D eigenvalue weighted by molar-refractivity contribution is 0.0592. The molecule has 29 heavy (non-hydrogen) atoms. The van der Waals surface area contributed by atoms with E-state index in [4.69, 9.17) is 4.74 Å². The summed E-state index contributed by atoms with van der Waals surface area (Å²) in [5.74, 6) is 1.06. The number of aryl methyl sites for hydroxylation is 3. The highest BCUT2D eigenvalue weighted by Gasteiger charge is 2.29. The summed E-state index contributed by atoms with van der Waals surface area (Å²) in [7, 11) is 3.70. The molecule has 2 aromatic carbocycles. The van der Waals surface area contributed by atoms with Crippen molar-refractivity contribution in [3.63, 3.8) is 0 Å². The Kier molecular flexibility index (Phi) is 5.61. The van der Waals surface area contributed by atoms with E-state index in [0.717, 1.165) is 54.6 Å². The molecule has 4 heteroatoms. The highest BCUT2D eigenvalue weighted by Crippen LogP contribution is 2.27. The predicted octanol–water partition coefficient (Wildman–Crippen LogP) is 5.12. The summed E-state index contributed by atoms with van der Waals surface area (Å²) < 4.78 is 7.39. The van der Waals surface area contributed by atoms with Gasteiger partial charge in [0.05, 0.1) is 7.11 Å². The molecule has 4 rings (SSSR count). The molecule has 1 aliphatic heterocycles. The van der Waals surface area contributed by atoms with Crippen molar-refractivity contribution >= 4 is 16.8 Å². The van der Waals surface area contributed by atoms with Crippen molar-refractivity contribution in [2.75, 3.05) is 13.7 Å². The standard InChI is InChI=1S/C25H30N2O2/c1-18-10-13-23-20(15-18)17-24(26(23)2)25(28)27-14-5-4-8-21(27)12-11-19-7-6-9-22(16-19)29-3/h6-7,9-10,13,15-17,21H,4-5,8,11-12,14H2,1-3H3/t21-/m1/s1. The number of carbonyl (C=O) groups is 1. The van der Waals surface area contributed by atoms with E-state index in [2.05, 4.69) is 48.2 Å². The number of rotatable bonds is 5. The first-order valence-corrected chi connectivity index (χ1v) is 10.6. The van der Waals surface area contributed by atoms with Crippen LogP contribution in [0.3, 0.4) is 0 Å². The minimum absolute atomic E-state index is 0.164. The lowest BCUT2D eigenvalue weighted by atomic mass is 9.95. The third-order valence-corrected chi connectivity index (χ3v) is 6.21. The van der Waals surface area contributed by atoms with Gasteiger partial charge in [-0.2, -0.15) is 0 Å². The zero-order valence-corrected chi connectivity index (χ0v) is 17.6. The molecule has 0 saturated carbocycles. The fourth-order valence-electron chi connectivity index (χ4n) is 4.55. The molecule has 1 aromatic heterocycles. The molecule has 1 aliphatic rings. The molecule has 0 spiro atoms. The summed E-state index contributed by atoms with van der Waals surface area (Å²) in [5.41, 5.74) is 4.39. The van der Waals surface area contributed by atoms with Crippen LogP contribution in [-0.4, -0.2) is 35.1 Å². The number of hydrogen-bond acceptors (Lipinski definition) is 2.